The van der Waals surface area contributed by atoms with Gasteiger partial charge in [-0.3, -0.25) is 24.4 Å². The van der Waals surface area contributed by atoms with E-state index in [0.717, 1.165) is 17.7 Å². The standard InChI is InChI=1S/C22H20N2O9S/c1-15-7-9-17(10-8-15)34(29,30)33-14-18-19(23(25)26)11-16(12-20(18)24(27)28)13-32-22-6-4-3-5-21(22)31-2/h3-12H,13-14H2,1-2H3. The summed E-state index contributed by atoms with van der Waals surface area (Å²) in [6.45, 7) is 0.643. The average molecular weight is 488 g/mol. The molecule has 0 radical (unpaired) electrons. The molecule has 0 heterocycles. The molecule has 0 atom stereocenters. The van der Waals surface area contributed by atoms with Crippen LogP contribution in [0, 0.1) is 27.2 Å². The van der Waals surface area contributed by atoms with E-state index >= 15 is 0 Å². The van der Waals surface area contributed by atoms with Crippen LogP contribution in [0.5, 0.6) is 11.5 Å². The van der Waals surface area contributed by atoms with Crippen LogP contribution in [-0.2, 0) is 27.5 Å². The maximum atomic E-state index is 12.5. The normalized spacial score (nSPS) is 11.1. The van der Waals surface area contributed by atoms with Crippen LogP contribution in [0.1, 0.15) is 16.7 Å². The van der Waals surface area contributed by atoms with Crippen LogP contribution in [0.2, 0.25) is 0 Å². The summed E-state index contributed by atoms with van der Waals surface area (Å²) in [5.74, 6) is 0.754. The molecule has 0 aliphatic rings. The summed E-state index contributed by atoms with van der Waals surface area (Å²) in [6.07, 6.45) is 0. The van der Waals surface area contributed by atoms with Crippen molar-refractivity contribution in [2.24, 2.45) is 0 Å². The molecule has 11 nitrogen and oxygen atoms in total. The average Bonchev–Trinajstić information content (AvgIpc) is 2.81. The van der Waals surface area contributed by atoms with Crippen molar-refractivity contribution in [1.29, 1.82) is 0 Å². The van der Waals surface area contributed by atoms with Crippen molar-refractivity contribution in [3.05, 3.63) is 97.6 Å². The van der Waals surface area contributed by atoms with Gasteiger partial charge in [-0.15, -0.1) is 0 Å². The quantitative estimate of drug-likeness (QED) is 0.231. The van der Waals surface area contributed by atoms with Crippen LogP contribution < -0.4 is 9.47 Å². The number of para-hydroxylation sites is 2. The highest BCUT2D eigenvalue weighted by Crippen LogP contribution is 2.33. The topological polar surface area (TPSA) is 148 Å². The zero-order chi connectivity index (χ0) is 24.9. The molecule has 3 aromatic carbocycles. The Bertz CT molecular complexity index is 1290. The van der Waals surface area contributed by atoms with E-state index in [-0.39, 0.29) is 17.1 Å². The van der Waals surface area contributed by atoms with E-state index in [4.69, 9.17) is 13.7 Å². The fourth-order valence-corrected chi connectivity index (χ4v) is 3.94. The summed E-state index contributed by atoms with van der Waals surface area (Å²) >= 11 is 0. The Kier molecular flexibility index (Phi) is 7.44. The Morgan fingerprint density at radius 2 is 1.41 bits per heavy atom. The third-order valence-corrected chi connectivity index (χ3v) is 6.07. The summed E-state index contributed by atoms with van der Waals surface area (Å²) in [5, 5.41) is 23.3. The Morgan fingerprint density at radius 3 is 1.94 bits per heavy atom. The molecule has 34 heavy (non-hydrogen) atoms. The lowest BCUT2D eigenvalue weighted by Crippen LogP contribution is -2.10. The predicted molar refractivity (Wildman–Crippen MR) is 120 cm³/mol. The number of rotatable bonds is 10. The Hall–Kier alpha value is -4.03. The van der Waals surface area contributed by atoms with Gasteiger partial charge in [0.2, 0.25) is 0 Å². The largest absolute Gasteiger partial charge is 0.493 e. The molecule has 0 unspecified atom stereocenters. The second-order valence-electron chi connectivity index (χ2n) is 7.10. The lowest BCUT2D eigenvalue weighted by Gasteiger charge is -2.12. The number of benzene rings is 3. The first-order valence-electron chi connectivity index (χ1n) is 9.79. The Morgan fingerprint density at radius 1 is 0.853 bits per heavy atom. The Balaban J connectivity index is 1.91. The number of nitro groups is 2. The monoisotopic (exact) mass is 488 g/mol. The highest BCUT2D eigenvalue weighted by atomic mass is 32.2. The van der Waals surface area contributed by atoms with Gasteiger partial charge in [0.15, 0.2) is 11.5 Å². The summed E-state index contributed by atoms with van der Waals surface area (Å²) in [5.41, 5.74) is -0.851. The van der Waals surface area contributed by atoms with E-state index in [1.807, 2.05) is 0 Å². The van der Waals surface area contributed by atoms with E-state index in [9.17, 15) is 28.6 Å². The van der Waals surface area contributed by atoms with Crippen molar-refractivity contribution >= 4 is 21.5 Å². The molecule has 12 heteroatoms. The second kappa shape index (κ2) is 10.3. The number of aryl methyl sites for hydroxylation is 1. The minimum Gasteiger partial charge on any atom is -0.493 e. The molecule has 0 aliphatic carbocycles. The molecular formula is C22H20N2O9S. The summed E-state index contributed by atoms with van der Waals surface area (Å²) < 4.78 is 40.7. The number of hydrogen-bond acceptors (Lipinski definition) is 9. The molecule has 0 bridgehead atoms. The van der Waals surface area contributed by atoms with Gasteiger partial charge >= 0.3 is 0 Å². The van der Waals surface area contributed by atoms with Gasteiger partial charge in [0.25, 0.3) is 21.5 Å². The first-order chi connectivity index (χ1) is 16.1. The Labute approximate surface area is 194 Å². The third-order valence-electron chi connectivity index (χ3n) is 4.79. The lowest BCUT2D eigenvalue weighted by atomic mass is 10.1. The first-order valence-corrected chi connectivity index (χ1v) is 11.2. The van der Waals surface area contributed by atoms with E-state index < -0.39 is 43.5 Å². The zero-order valence-corrected chi connectivity index (χ0v) is 19.0. The molecular weight excluding hydrogens is 468 g/mol. The SMILES string of the molecule is COc1ccccc1OCc1cc([N+](=O)[O-])c(COS(=O)(=O)c2ccc(C)cc2)c([N+](=O)[O-])c1. The minimum absolute atomic E-state index is 0.134. The minimum atomic E-state index is -4.31. The van der Waals surface area contributed by atoms with Crippen molar-refractivity contribution < 1.29 is 31.9 Å². The van der Waals surface area contributed by atoms with E-state index in [2.05, 4.69) is 0 Å². The number of methoxy groups -OCH3 is 1. The fraction of sp³-hybridized carbons (Fsp3) is 0.182. The molecule has 3 aromatic rings. The van der Waals surface area contributed by atoms with Gasteiger partial charge < -0.3 is 9.47 Å². The van der Waals surface area contributed by atoms with E-state index in [1.54, 1.807) is 43.3 Å². The molecule has 0 aromatic heterocycles. The molecule has 3 rings (SSSR count). The number of nitro benzene ring substituents is 2. The van der Waals surface area contributed by atoms with Crippen molar-refractivity contribution in [3.8, 4) is 11.5 Å². The van der Waals surface area contributed by atoms with E-state index in [1.165, 1.54) is 19.2 Å². The van der Waals surface area contributed by atoms with Gasteiger partial charge in [0, 0.05) is 17.7 Å². The van der Waals surface area contributed by atoms with Crippen LogP contribution >= 0.6 is 0 Å². The summed E-state index contributed by atoms with van der Waals surface area (Å²) in [4.78, 5) is 21.5. The number of ether oxygens (including phenoxy) is 2. The molecule has 0 saturated heterocycles. The van der Waals surface area contributed by atoms with E-state index in [0.29, 0.717) is 11.5 Å². The predicted octanol–water partition coefficient (Wildman–Crippen LogP) is 4.30. The molecule has 0 aliphatic heterocycles. The van der Waals surface area contributed by atoms with Gasteiger partial charge in [-0.05, 0) is 31.2 Å². The maximum Gasteiger partial charge on any atom is 0.297 e. The van der Waals surface area contributed by atoms with Crippen molar-refractivity contribution in [2.75, 3.05) is 7.11 Å². The van der Waals surface area contributed by atoms with Crippen LogP contribution in [0.3, 0.4) is 0 Å². The lowest BCUT2D eigenvalue weighted by molar-refractivity contribution is -0.396. The second-order valence-corrected chi connectivity index (χ2v) is 8.71. The van der Waals surface area contributed by atoms with Gasteiger partial charge in [0.05, 0.1) is 21.9 Å². The van der Waals surface area contributed by atoms with Crippen LogP contribution in [0.4, 0.5) is 11.4 Å². The summed E-state index contributed by atoms with van der Waals surface area (Å²) in [7, 11) is -2.87. The third kappa shape index (κ3) is 5.66. The number of nitrogens with zero attached hydrogens (tertiary/aromatic N) is 2. The highest BCUT2D eigenvalue weighted by Gasteiger charge is 2.29. The molecule has 0 amide bonds. The molecule has 0 spiro atoms. The van der Waals surface area contributed by atoms with Gasteiger partial charge in [0.1, 0.15) is 18.8 Å². The van der Waals surface area contributed by atoms with Gasteiger partial charge in [-0.2, -0.15) is 8.42 Å². The molecule has 0 fully saturated rings. The zero-order valence-electron chi connectivity index (χ0n) is 18.2. The highest BCUT2D eigenvalue weighted by molar-refractivity contribution is 7.86. The van der Waals surface area contributed by atoms with Crippen LogP contribution in [0.25, 0.3) is 0 Å². The fourth-order valence-electron chi connectivity index (χ4n) is 3.06. The maximum absolute atomic E-state index is 12.5. The molecule has 0 N–H and O–H groups in total. The van der Waals surface area contributed by atoms with Crippen LogP contribution in [-0.4, -0.2) is 25.4 Å². The van der Waals surface area contributed by atoms with Crippen molar-refractivity contribution in [1.82, 2.24) is 0 Å². The van der Waals surface area contributed by atoms with Gasteiger partial charge in [-0.1, -0.05) is 29.8 Å². The smallest absolute Gasteiger partial charge is 0.297 e. The van der Waals surface area contributed by atoms with Crippen molar-refractivity contribution in [3.63, 3.8) is 0 Å². The number of hydrogen-bond donors (Lipinski definition) is 0. The van der Waals surface area contributed by atoms with Crippen LogP contribution in [0.15, 0.2) is 65.6 Å². The van der Waals surface area contributed by atoms with Crippen molar-refractivity contribution in [2.45, 2.75) is 25.0 Å². The summed E-state index contributed by atoms with van der Waals surface area (Å²) in [6, 6.07) is 14.6. The molecule has 0 saturated carbocycles. The van der Waals surface area contributed by atoms with Gasteiger partial charge in [-0.25, -0.2) is 0 Å². The first kappa shape index (κ1) is 24.6. The molecule has 178 valence electrons.